The molecule has 2 aliphatic rings. The van der Waals surface area contributed by atoms with Crippen molar-refractivity contribution in [3.05, 3.63) is 41.5 Å². The molecule has 0 saturated carbocycles. The second-order valence-corrected chi connectivity index (χ2v) is 12.4. The molecule has 0 radical (unpaired) electrons. The minimum atomic E-state index is -4.14. The fourth-order valence-corrected chi connectivity index (χ4v) is 7.25. The van der Waals surface area contributed by atoms with Crippen LogP contribution in [0.25, 0.3) is 11.2 Å². The smallest absolute Gasteiger partial charge is 0.323 e. The monoisotopic (exact) mass is 597 g/mol. The van der Waals surface area contributed by atoms with Crippen molar-refractivity contribution in [1.29, 1.82) is 0 Å². The SMILES string of the molecule is Cc1cc(C)c(S(=O)(=O)NC(Cn2cnc3c(N4CCC(C(=O)NC5=NCCCN5)CC4)ncnc32)C(=O)O)c(C)c1. The Kier molecular flexibility index (Phi) is 8.41. The van der Waals surface area contributed by atoms with Crippen molar-refractivity contribution < 1.29 is 23.1 Å². The predicted octanol–water partition coefficient (Wildman–Crippen LogP) is 0.865. The van der Waals surface area contributed by atoms with E-state index in [2.05, 4.69) is 35.3 Å². The minimum Gasteiger partial charge on any atom is -0.480 e. The van der Waals surface area contributed by atoms with Gasteiger partial charge in [-0.1, -0.05) is 17.7 Å². The molecule has 2 aromatic heterocycles. The molecule has 0 spiro atoms. The van der Waals surface area contributed by atoms with Crippen LogP contribution in [-0.4, -0.2) is 83.1 Å². The first-order chi connectivity index (χ1) is 20.0. The van der Waals surface area contributed by atoms with Crippen molar-refractivity contribution in [3.63, 3.8) is 0 Å². The predicted molar refractivity (Wildman–Crippen MR) is 156 cm³/mol. The molecule has 3 aromatic rings. The van der Waals surface area contributed by atoms with Gasteiger partial charge in [0.05, 0.1) is 17.8 Å². The number of imidazole rings is 1. The minimum absolute atomic E-state index is 0.0573. The summed E-state index contributed by atoms with van der Waals surface area (Å²) < 4.78 is 30.4. The van der Waals surface area contributed by atoms with Gasteiger partial charge in [-0.05, 0) is 51.2 Å². The number of carboxylic acids is 1. The second kappa shape index (κ2) is 12.0. The third-order valence-electron chi connectivity index (χ3n) is 7.53. The molecule has 4 heterocycles. The number of amides is 1. The highest BCUT2D eigenvalue weighted by atomic mass is 32.2. The van der Waals surface area contributed by atoms with Crippen LogP contribution in [0.15, 0.2) is 34.7 Å². The summed E-state index contributed by atoms with van der Waals surface area (Å²) >= 11 is 0. The van der Waals surface area contributed by atoms with Gasteiger partial charge < -0.3 is 19.9 Å². The Labute approximate surface area is 243 Å². The lowest BCUT2D eigenvalue weighted by molar-refractivity contribution is -0.139. The molecule has 1 fully saturated rings. The zero-order valence-electron chi connectivity index (χ0n) is 23.8. The number of carbonyl (C=O) groups is 2. The standard InChI is InChI=1S/C27H35N9O5S/c1-16-11-17(2)22(18(3)12-16)42(40,41)34-20(26(38)39)13-36-15-32-21-23(30-14-31-24(21)36)35-9-5-19(6-10-35)25(37)33-27-28-7-4-8-29-27/h11-12,14-15,19-20,34H,4-10,13H2,1-3H3,(H,38,39)(H2,28,29,33,37). The number of aromatic nitrogens is 4. The van der Waals surface area contributed by atoms with Crippen LogP contribution in [0, 0.1) is 26.7 Å². The number of hydrogen-bond acceptors (Lipinski definition) is 10. The highest BCUT2D eigenvalue weighted by Crippen LogP contribution is 2.27. The number of hydrogen-bond donors (Lipinski definition) is 4. The Hall–Kier alpha value is -4.11. The van der Waals surface area contributed by atoms with Crippen molar-refractivity contribution in [1.82, 2.24) is 34.9 Å². The molecule has 14 nitrogen and oxygen atoms in total. The molecular formula is C27H35N9O5S. The van der Waals surface area contributed by atoms with Crippen molar-refractivity contribution in [2.75, 3.05) is 31.1 Å². The largest absolute Gasteiger partial charge is 0.480 e. The molecule has 5 rings (SSSR count). The number of aryl methyl sites for hydroxylation is 3. The number of fused-ring (bicyclic) bond motifs is 1. The van der Waals surface area contributed by atoms with Crippen LogP contribution in [0.5, 0.6) is 0 Å². The van der Waals surface area contributed by atoms with Crippen LogP contribution in [0.4, 0.5) is 5.82 Å². The van der Waals surface area contributed by atoms with Crippen LogP contribution >= 0.6 is 0 Å². The Bertz CT molecular complexity index is 1620. The van der Waals surface area contributed by atoms with E-state index in [-0.39, 0.29) is 23.3 Å². The fourth-order valence-electron chi connectivity index (χ4n) is 5.62. The highest BCUT2D eigenvalue weighted by Gasteiger charge is 2.31. The van der Waals surface area contributed by atoms with E-state index in [9.17, 15) is 23.1 Å². The van der Waals surface area contributed by atoms with Crippen LogP contribution in [-0.2, 0) is 26.2 Å². The number of guanidine groups is 1. The quantitative estimate of drug-likeness (QED) is 0.290. The van der Waals surface area contributed by atoms with Crippen molar-refractivity contribution >= 4 is 44.8 Å². The molecule has 1 unspecified atom stereocenters. The topological polar surface area (TPSA) is 184 Å². The lowest BCUT2D eigenvalue weighted by Crippen LogP contribution is -2.48. The number of nitrogens with one attached hydrogen (secondary N) is 3. The summed E-state index contributed by atoms with van der Waals surface area (Å²) in [7, 11) is -4.14. The molecular weight excluding hydrogens is 562 g/mol. The summed E-state index contributed by atoms with van der Waals surface area (Å²) in [6.45, 7) is 7.64. The third-order valence-corrected chi connectivity index (χ3v) is 9.31. The van der Waals surface area contributed by atoms with E-state index in [1.54, 1.807) is 26.0 Å². The molecule has 15 heteroatoms. The van der Waals surface area contributed by atoms with Crippen molar-refractivity contribution in [2.24, 2.45) is 10.9 Å². The highest BCUT2D eigenvalue weighted by molar-refractivity contribution is 7.89. The number of benzene rings is 1. The van der Waals surface area contributed by atoms with Crippen molar-refractivity contribution in [3.8, 4) is 0 Å². The molecule has 42 heavy (non-hydrogen) atoms. The van der Waals surface area contributed by atoms with Gasteiger partial charge in [-0.25, -0.2) is 23.4 Å². The summed E-state index contributed by atoms with van der Waals surface area (Å²) in [4.78, 5) is 44.5. The number of piperidine rings is 1. The van der Waals surface area contributed by atoms with Gasteiger partial charge in [0.15, 0.2) is 22.9 Å². The number of aliphatic carboxylic acids is 1. The van der Waals surface area contributed by atoms with Gasteiger partial charge in [0.2, 0.25) is 15.9 Å². The van der Waals surface area contributed by atoms with Gasteiger partial charge in [-0.3, -0.25) is 19.9 Å². The number of nitrogens with zero attached hydrogens (tertiary/aromatic N) is 6. The first-order valence-electron chi connectivity index (χ1n) is 13.9. The van der Waals surface area contributed by atoms with Crippen LogP contribution in [0.3, 0.4) is 0 Å². The Balaban J connectivity index is 1.30. The Morgan fingerprint density at radius 3 is 2.48 bits per heavy atom. The van der Waals surface area contributed by atoms with Crippen LogP contribution in [0.2, 0.25) is 0 Å². The number of carboxylic acid groups (broad SMARTS) is 1. The number of rotatable bonds is 8. The van der Waals surface area contributed by atoms with Gasteiger partial charge >= 0.3 is 5.97 Å². The molecule has 1 aromatic carbocycles. The molecule has 4 N–H and O–H groups in total. The maximum absolute atomic E-state index is 13.3. The molecule has 1 amide bonds. The van der Waals surface area contributed by atoms with E-state index < -0.39 is 22.0 Å². The van der Waals surface area contributed by atoms with Gasteiger partial charge in [0, 0.05) is 32.1 Å². The fraction of sp³-hybridized carbons (Fsp3) is 0.481. The van der Waals surface area contributed by atoms with Gasteiger partial charge in [-0.2, -0.15) is 4.72 Å². The average molecular weight is 598 g/mol. The van der Waals surface area contributed by atoms with E-state index in [4.69, 9.17) is 0 Å². The maximum atomic E-state index is 13.3. The Morgan fingerprint density at radius 1 is 1.12 bits per heavy atom. The van der Waals surface area contributed by atoms with E-state index in [1.807, 2.05) is 11.8 Å². The van der Waals surface area contributed by atoms with Crippen LogP contribution < -0.4 is 20.3 Å². The third kappa shape index (κ3) is 6.21. The van der Waals surface area contributed by atoms with E-state index >= 15 is 0 Å². The average Bonchev–Trinajstić information content (AvgIpc) is 3.35. The first-order valence-corrected chi connectivity index (χ1v) is 15.3. The molecule has 1 atom stereocenters. The molecule has 0 aliphatic carbocycles. The zero-order valence-corrected chi connectivity index (χ0v) is 24.6. The zero-order chi connectivity index (χ0) is 30.0. The number of aliphatic imine (C=N–C) groups is 1. The number of anilines is 1. The number of carbonyl (C=O) groups excluding carboxylic acids is 1. The van der Waals surface area contributed by atoms with Crippen molar-refractivity contribution in [2.45, 2.75) is 57.5 Å². The number of sulfonamides is 1. The van der Waals surface area contributed by atoms with Crippen LogP contribution in [0.1, 0.15) is 36.0 Å². The second-order valence-electron chi connectivity index (χ2n) is 10.8. The Morgan fingerprint density at radius 2 is 1.83 bits per heavy atom. The molecule has 2 aliphatic heterocycles. The van der Waals surface area contributed by atoms with Gasteiger partial charge in [0.25, 0.3) is 0 Å². The molecule has 1 saturated heterocycles. The summed E-state index contributed by atoms with van der Waals surface area (Å²) in [6.07, 6.45) is 4.99. The normalized spacial score (nSPS) is 17.0. The molecule has 0 bridgehead atoms. The van der Waals surface area contributed by atoms with Gasteiger partial charge in [0.1, 0.15) is 12.4 Å². The lowest BCUT2D eigenvalue weighted by Gasteiger charge is -2.32. The summed E-state index contributed by atoms with van der Waals surface area (Å²) in [5, 5.41) is 15.9. The summed E-state index contributed by atoms with van der Waals surface area (Å²) in [6, 6.07) is 2.03. The van der Waals surface area contributed by atoms with E-state index in [1.165, 1.54) is 17.2 Å². The van der Waals surface area contributed by atoms with E-state index in [0.717, 1.165) is 18.5 Å². The molecule has 224 valence electrons. The van der Waals surface area contributed by atoms with E-state index in [0.29, 0.717) is 66.5 Å². The summed E-state index contributed by atoms with van der Waals surface area (Å²) in [5.41, 5.74) is 2.84. The summed E-state index contributed by atoms with van der Waals surface area (Å²) in [5.74, 6) is -0.435. The maximum Gasteiger partial charge on any atom is 0.323 e. The lowest BCUT2D eigenvalue weighted by atomic mass is 9.96. The van der Waals surface area contributed by atoms with Gasteiger partial charge in [-0.15, -0.1) is 0 Å². The first kappa shape index (κ1) is 29.4.